The van der Waals surface area contributed by atoms with Gasteiger partial charge in [-0.1, -0.05) is 48.9 Å². The van der Waals surface area contributed by atoms with Crippen molar-refractivity contribution in [3.05, 3.63) is 76.6 Å². The molecule has 6 heteroatoms. The highest BCUT2D eigenvalue weighted by Gasteiger charge is 2.27. The number of para-hydroxylation sites is 1. The van der Waals surface area contributed by atoms with E-state index in [9.17, 15) is 4.79 Å². The predicted octanol–water partition coefficient (Wildman–Crippen LogP) is 6.20. The van der Waals surface area contributed by atoms with E-state index >= 15 is 0 Å². The highest BCUT2D eigenvalue weighted by atomic mass is 35.5. The zero-order valence-corrected chi connectivity index (χ0v) is 17.6. The van der Waals surface area contributed by atoms with Crippen LogP contribution < -0.4 is 4.74 Å². The molecule has 1 aromatic heterocycles. The lowest BCUT2D eigenvalue weighted by molar-refractivity contribution is -0.151. The third-order valence-corrected chi connectivity index (χ3v) is 5.19. The second-order valence-electron chi connectivity index (χ2n) is 7.11. The van der Waals surface area contributed by atoms with Gasteiger partial charge in [0.15, 0.2) is 5.76 Å². The van der Waals surface area contributed by atoms with Crippen LogP contribution in [0.3, 0.4) is 0 Å². The van der Waals surface area contributed by atoms with Gasteiger partial charge in [-0.15, -0.1) is 0 Å². The number of halogens is 1. The first-order valence-electron chi connectivity index (χ1n) is 9.92. The molecule has 1 heterocycles. The number of carbonyl (C=O) groups is 1. The van der Waals surface area contributed by atoms with Crippen molar-refractivity contribution >= 4 is 23.6 Å². The number of ether oxygens (including phenoxy) is 2. The number of nitrogens with zero attached hydrogens (tertiary/aromatic N) is 1. The Labute approximate surface area is 180 Å². The standard InChI is InChI=1S/C24H22ClNO4/c1-3-28-24(27)22(16-11-13-17(25)14-12-16)29-19-9-5-4-8-18(19)23-26-21-15(2)7-6-10-20(21)30-23/h4-6,8-15,22H,3,7H2,1-2H3. The van der Waals surface area contributed by atoms with E-state index in [4.69, 9.17) is 30.5 Å². The van der Waals surface area contributed by atoms with Crippen LogP contribution in [0.1, 0.15) is 49.3 Å². The number of hydrogen-bond donors (Lipinski definition) is 0. The Balaban J connectivity index is 1.71. The molecule has 1 aliphatic rings. The fourth-order valence-corrected chi connectivity index (χ4v) is 3.53. The van der Waals surface area contributed by atoms with Crippen molar-refractivity contribution < 1.29 is 18.7 Å². The third kappa shape index (κ3) is 4.12. The summed E-state index contributed by atoms with van der Waals surface area (Å²) in [5.74, 6) is 1.53. The fourth-order valence-electron chi connectivity index (χ4n) is 3.40. The number of aromatic nitrogens is 1. The van der Waals surface area contributed by atoms with Crippen LogP contribution >= 0.6 is 11.6 Å². The largest absolute Gasteiger partial charge is 0.473 e. The van der Waals surface area contributed by atoms with Gasteiger partial charge in [0, 0.05) is 16.5 Å². The van der Waals surface area contributed by atoms with E-state index in [1.807, 2.05) is 24.3 Å². The van der Waals surface area contributed by atoms with Crippen LogP contribution in [-0.4, -0.2) is 17.6 Å². The molecule has 0 saturated heterocycles. The number of fused-ring (bicyclic) bond motifs is 1. The molecule has 0 bridgehead atoms. The van der Waals surface area contributed by atoms with Gasteiger partial charge in [0.25, 0.3) is 0 Å². The molecule has 0 radical (unpaired) electrons. The van der Waals surface area contributed by atoms with E-state index < -0.39 is 12.1 Å². The van der Waals surface area contributed by atoms with Crippen LogP contribution in [0.4, 0.5) is 0 Å². The summed E-state index contributed by atoms with van der Waals surface area (Å²) in [6.45, 7) is 4.13. The fraction of sp³-hybridized carbons (Fsp3) is 0.250. The molecule has 2 unspecified atom stereocenters. The average molecular weight is 424 g/mol. The molecular formula is C24H22ClNO4. The van der Waals surface area contributed by atoms with Gasteiger partial charge < -0.3 is 13.9 Å². The lowest BCUT2D eigenvalue weighted by Gasteiger charge is -2.19. The molecule has 2 atom stereocenters. The number of esters is 1. The monoisotopic (exact) mass is 423 g/mol. The number of oxazole rings is 1. The topological polar surface area (TPSA) is 61.6 Å². The average Bonchev–Trinajstić information content (AvgIpc) is 3.19. The molecule has 5 nitrogen and oxygen atoms in total. The molecule has 0 spiro atoms. The first-order valence-corrected chi connectivity index (χ1v) is 10.3. The predicted molar refractivity (Wildman–Crippen MR) is 115 cm³/mol. The Hall–Kier alpha value is -3.05. The number of allylic oxidation sites excluding steroid dienone is 1. The molecule has 3 aromatic rings. The molecule has 0 amide bonds. The van der Waals surface area contributed by atoms with E-state index in [0.29, 0.717) is 27.8 Å². The van der Waals surface area contributed by atoms with Gasteiger partial charge in [-0.3, -0.25) is 0 Å². The van der Waals surface area contributed by atoms with Crippen LogP contribution in [0.25, 0.3) is 17.5 Å². The summed E-state index contributed by atoms with van der Waals surface area (Å²) in [6.07, 6.45) is 4.02. The number of rotatable bonds is 6. The van der Waals surface area contributed by atoms with Crippen molar-refractivity contribution in [2.24, 2.45) is 0 Å². The number of hydrogen-bond acceptors (Lipinski definition) is 5. The second-order valence-corrected chi connectivity index (χ2v) is 7.54. The molecule has 0 fully saturated rings. The van der Waals surface area contributed by atoms with Crippen molar-refractivity contribution in [2.45, 2.75) is 32.3 Å². The molecule has 0 saturated carbocycles. The zero-order valence-electron chi connectivity index (χ0n) is 16.8. The Morgan fingerprint density at radius 2 is 2.00 bits per heavy atom. The summed E-state index contributed by atoms with van der Waals surface area (Å²) in [5, 5.41) is 0.578. The molecule has 30 heavy (non-hydrogen) atoms. The highest BCUT2D eigenvalue weighted by Crippen LogP contribution is 2.37. The van der Waals surface area contributed by atoms with E-state index in [2.05, 4.69) is 13.0 Å². The van der Waals surface area contributed by atoms with Crippen LogP contribution in [0.2, 0.25) is 5.02 Å². The lowest BCUT2D eigenvalue weighted by atomic mass is 9.98. The Bertz CT molecular complexity index is 1070. The summed E-state index contributed by atoms with van der Waals surface area (Å²) in [5.41, 5.74) is 2.26. The minimum Gasteiger partial charge on any atom is -0.473 e. The molecular weight excluding hydrogens is 402 g/mol. The summed E-state index contributed by atoms with van der Waals surface area (Å²) in [4.78, 5) is 17.4. The van der Waals surface area contributed by atoms with Gasteiger partial charge in [-0.05, 0) is 43.7 Å². The summed E-state index contributed by atoms with van der Waals surface area (Å²) in [6, 6.07) is 14.3. The first-order chi connectivity index (χ1) is 14.6. The smallest absolute Gasteiger partial charge is 0.352 e. The zero-order chi connectivity index (χ0) is 21.1. The number of carbonyl (C=O) groups excluding carboxylic acids is 1. The third-order valence-electron chi connectivity index (χ3n) is 4.94. The van der Waals surface area contributed by atoms with Crippen molar-refractivity contribution in [1.29, 1.82) is 0 Å². The Kier molecular flexibility index (Phi) is 5.91. The maximum atomic E-state index is 12.7. The van der Waals surface area contributed by atoms with Gasteiger partial charge in [-0.2, -0.15) is 0 Å². The molecule has 4 rings (SSSR count). The van der Waals surface area contributed by atoms with Crippen molar-refractivity contribution in [1.82, 2.24) is 4.98 Å². The van der Waals surface area contributed by atoms with Crippen LogP contribution in [0, 0.1) is 0 Å². The molecule has 1 aliphatic carbocycles. The molecule has 0 aliphatic heterocycles. The van der Waals surface area contributed by atoms with Gasteiger partial charge in [-0.25, -0.2) is 9.78 Å². The first kappa shape index (κ1) is 20.2. The van der Waals surface area contributed by atoms with Gasteiger partial charge in [0.05, 0.1) is 17.9 Å². The van der Waals surface area contributed by atoms with Gasteiger partial charge in [0.2, 0.25) is 12.0 Å². The quantitative estimate of drug-likeness (QED) is 0.442. The lowest BCUT2D eigenvalue weighted by Crippen LogP contribution is -2.21. The molecule has 2 aromatic carbocycles. The van der Waals surface area contributed by atoms with E-state index in [1.54, 1.807) is 37.3 Å². The maximum absolute atomic E-state index is 12.7. The van der Waals surface area contributed by atoms with E-state index in [-0.39, 0.29) is 12.5 Å². The van der Waals surface area contributed by atoms with Gasteiger partial charge >= 0.3 is 5.97 Å². The summed E-state index contributed by atoms with van der Waals surface area (Å²) < 4.78 is 17.4. The Morgan fingerprint density at radius 1 is 1.23 bits per heavy atom. The van der Waals surface area contributed by atoms with Crippen LogP contribution in [-0.2, 0) is 9.53 Å². The van der Waals surface area contributed by atoms with Crippen molar-refractivity contribution in [3.8, 4) is 17.2 Å². The van der Waals surface area contributed by atoms with Crippen LogP contribution in [0.5, 0.6) is 5.75 Å². The molecule has 0 N–H and O–H groups in total. The van der Waals surface area contributed by atoms with E-state index in [1.165, 1.54) is 0 Å². The Morgan fingerprint density at radius 3 is 2.73 bits per heavy atom. The summed E-state index contributed by atoms with van der Waals surface area (Å²) >= 11 is 6.00. The minimum atomic E-state index is -0.938. The second kappa shape index (κ2) is 8.76. The van der Waals surface area contributed by atoms with Crippen LogP contribution in [0.15, 0.2) is 59.0 Å². The van der Waals surface area contributed by atoms with Crippen molar-refractivity contribution in [3.63, 3.8) is 0 Å². The van der Waals surface area contributed by atoms with Gasteiger partial charge in [0.1, 0.15) is 5.75 Å². The highest BCUT2D eigenvalue weighted by molar-refractivity contribution is 6.30. The summed E-state index contributed by atoms with van der Waals surface area (Å²) in [7, 11) is 0. The molecule has 154 valence electrons. The SMILES string of the molecule is CCOC(=O)C(Oc1ccccc1-c1nc2c(o1)C=CCC2C)c1ccc(Cl)cc1. The number of benzene rings is 2. The van der Waals surface area contributed by atoms with Crippen molar-refractivity contribution in [2.75, 3.05) is 6.61 Å². The normalized spacial score (nSPS) is 16.0. The maximum Gasteiger partial charge on any atom is 0.352 e. The van der Waals surface area contributed by atoms with E-state index in [0.717, 1.165) is 17.9 Å². The minimum absolute atomic E-state index is 0.255.